The zero-order valence-electron chi connectivity index (χ0n) is 17.2. The van der Waals surface area contributed by atoms with Crippen LogP contribution >= 0.6 is 24.0 Å². The molecule has 3 aromatic rings. The van der Waals surface area contributed by atoms with E-state index in [2.05, 4.69) is 62.0 Å². The highest BCUT2D eigenvalue weighted by Gasteiger charge is 2.22. The molecule has 0 aliphatic carbocycles. The Morgan fingerprint density at radius 3 is 2.61 bits per heavy atom. The first kappa shape index (κ1) is 20.2. The van der Waals surface area contributed by atoms with Gasteiger partial charge in [-0.15, -0.1) is 0 Å². The van der Waals surface area contributed by atoms with Crippen LogP contribution < -0.4 is 10.2 Å². The highest BCUT2D eigenvalue weighted by atomic mass is 32.2. The molecule has 0 unspecified atom stereocenters. The third-order valence-electron chi connectivity index (χ3n) is 5.74. The summed E-state index contributed by atoms with van der Waals surface area (Å²) in [5, 5.41) is 2.66. The van der Waals surface area contributed by atoms with Crippen molar-refractivity contribution in [3.05, 3.63) is 64.8 Å². The molecule has 2 aromatic carbocycles. The summed E-state index contributed by atoms with van der Waals surface area (Å²) < 4.78 is 2.65. The van der Waals surface area contributed by atoms with Crippen LogP contribution in [0.4, 0.5) is 5.69 Å². The highest BCUT2D eigenvalue weighted by molar-refractivity contribution is 8.26. The Hall–Kier alpha value is -2.68. The van der Waals surface area contributed by atoms with Gasteiger partial charge in [0.25, 0.3) is 5.91 Å². The number of carbonyl (C=O) groups excluding carboxylic acids is 1. The number of fused-ring (bicyclic) bond motifs is 1. The van der Waals surface area contributed by atoms with E-state index in [9.17, 15) is 4.79 Å². The number of anilines is 1. The number of nitrogens with zero attached hydrogens (tertiary/aromatic N) is 4. The number of carbonyl (C=O) groups is 1. The van der Waals surface area contributed by atoms with Crippen LogP contribution in [0, 0.1) is 0 Å². The fourth-order valence-corrected chi connectivity index (χ4v) is 4.98. The minimum absolute atomic E-state index is 0.135. The standard InChI is InChI=1S/C23H23N5OS2/c1-26-8-10-27(11-9-26)18-5-2-16(3-6-18)14-28-15-24-19-7-4-17(12-20(19)28)13-21-22(29)25-23(30)31-21/h2-7,12-13,15H,8-11,14H2,1H3,(H,25,29,30). The molecule has 1 aromatic heterocycles. The molecular formula is C23H23N5OS2. The summed E-state index contributed by atoms with van der Waals surface area (Å²) in [6.07, 6.45) is 3.75. The lowest BCUT2D eigenvalue weighted by Crippen LogP contribution is -2.44. The maximum atomic E-state index is 12.0. The van der Waals surface area contributed by atoms with E-state index in [-0.39, 0.29) is 5.91 Å². The van der Waals surface area contributed by atoms with Gasteiger partial charge in [-0.2, -0.15) is 0 Å². The third kappa shape index (κ3) is 4.37. The van der Waals surface area contributed by atoms with Crippen LogP contribution in [-0.2, 0) is 11.3 Å². The quantitative estimate of drug-likeness (QED) is 0.487. The van der Waals surface area contributed by atoms with Crippen LogP contribution in [0.1, 0.15) is 11.1 Å². The number of amides is 1. The fourth-order valence-electron chi connectivity index (χ4n) is 3.94. The van der Waals surface area contributed by atoms with E-state index in [1.165, 1.54) is 23.0 Å². The van der Waals surface area contributed by atoms with Gasteiger partial charge in [-0.1, -0.05) is 42.2 Å². The number of piperazine rings is 1. The van der Waals surface area contributed by atoms with Crippen LogP contribution in [0.5, 0.6) is 0 Å². The number of aromatic nitrogens is 2. The summed E-state index contributed by atoms with van der Waals surface area (Å²) in [4.78, 5) is 21.9. The van der Waals surface area contributed by atoms with Crippen molar-refractivity contribution in [3.63, 3.8) is 0 Å². The summed E-state index contributed by atoms with van der Waals surface area (Å²) in [6, 6.07) is 14.9. The predicted molar refractivity (Wildman–Crippen MR) is 131 cm³/mol. The second-order valence-electron chi connectivity index (χ2n) is 7.93. The Morgan fingerprint density at radius 2 is 1.90 bits per heavy atom. The van der Waals surface area contributed by atoms with Crippen molar-refractivity contribution in [3.8, 4) is 0 Å². The fraction of sp³-hybridized carbons (Fsp3) is 0.261. The Balaban J connectivity index is 1.35. The molecule has 0 atom stereocenters. The smallest absolute Gasteiger partial charge is 0.263 e. The minimum atomic E-state index is -0.135. The van der Waals surface area contributed by atoms with E-state index in [1.54, 1.807) is 0 Å². The molecule has 2 aliphatic rings. The maximum absolute atomic E-state index is 12.0. The molecule has 31 heavy (non-hydrogen) atoms. The molecule has 1 N–H and O–H groups in total. The van der Waals surface area contributed by atoms with Crippen LogP contribution in [0.2, 0.25) is 0 Å². The highest BCUT2D eigenvalue weighted by Crippen LogP contribution is 2.27. The second-order valence-corrected chi connectivity index (χ2v) is 9.65. The number of thioether (sulfide) groups is 1. The summed E-state index contributed by atoms with van der Waals surface area (Å²) in [5.41, 5.74) is 5.46. The van der Waals surface area contributed by atoms with Crippen LogP contribution in [0.15, 0.2) is 53.7 Å². The molecule has 0 bridgehead atoms. The third-order valence-corrected chi connectivity index (χ3v) is 6.91. The average Bonchev–Trinajstić information content (AvgIpc) is 3.31. The first-order valence-electron chi connectivity index (χ1n) is 10.3. The molecule has 2 fully saturated rings. The van der Waals surface area contributed by atoms with Gasteiger partial charge in [0.15, 0.2) is 0 Å². The zero-order valence-corrected chi connectivity index (χ0v) is 18.9. The van der Waals surface area contributed by atoms with Crippen LogP contribution in [-0.4, -0.2) is 57.9 Å². The molecular weight excluding hydrogens is 426 g/mol. The van der Waals surface area contributed by atoms with Crippen molar-refractivity contribution in [1.82, 2.24) is 19.8 Å². The molecule has 0 spiro atoms. The molecule has 3 heterocycles. The van der Waals surface area contributed by atoms with E-state index in [0.717, 1.165) is 49.3 Å². The number of benzene rings is 2. The van der Waals surface area contributed by atoms with E-state index in [4.69, 9.17) is 12.2 Å². The normalized spacial score (nSPS) is 18.9. The first-order chi connectivity index (χ1) is 15.0. The van der Waals surface area contributed by atoms with Crippen molar-refractivity contribution < 1.29 is 4.79 Å². The molecule has 1 amide bonds. The number of thiocarbonyl (C=S) groups is 1. The molecule has 6 nitrogen and oxygen atoms in total. The molecule has 5 rings (SSSR count). The summed E-state index contributed by atoms with van der Waals surface area (Å²) in [6.45, 7) is 5.10. The van der Waals surface area contributed by atoms with Crippen molar-refractivity contribution in [2.75, 3.05) is 38.1 Å². The summed E-state index contributed by atoms with van der Waals surface area (Å²) >= 11 is 6.37. The van der Waals surface area contributed by atoms with Crippen LogP contribution in [0.25, 0.3) is 17.1 Å². The van der Waals surface area contributed by atoms with Gasteiger partial charge in [-0.25, -0.2) is 4.98 Å². The molecule has 0 radical (unpaired) electrons. The SMILES string of the molecule is CN1CCN(c2ccc(Cn3cnc4ccc(C=C5SC(=S)NC5=O)cc43)cc2)CC1. The topological polar surface area (TPSA) is 53.4 Å². The largest absolute Gasteiger partial charge is 0.369 e. The minimum Gasteiger partial charge on any atom is -0.369 e. The Bertz CT molecular complexity index is 1180. The number of likely N-dealkylation sites (N-methyl/N-ethyl adjacent to an activating group) is 1. The average molecular weight is 450 g/mol. The lowest BCUT2D eigenvalue weighted by Gasteiger charge is -2.34. The second kappa shape index (κ2) is 8.45. The van der Waals surface area contributed by atoms with Gasteiger partial charge in [0.2, 0.25) is 0 Å². The summed E-state index contributed by atoms with van der Waals surface area (Å²) in [5.74, 6) is -0.135. The Kier molecular flexibility index (Phi) is 5.52. The van der Waals surface area contributed by atoms with Gasteiger partial charge in [0, 0.05) is 38.4 Å². The lowest BCUT2D eigenvalue weighted by atomic mass is 10.1. The first-order valence-corrected chi connectivity index (χ1v) is 11.5. The number of hydrogen-bond donors (Lipinski definition) is 1. The molecule has 2 aliphatic heterocycles. The molecule has 158 valence electrons. The van der Waals surface area contributed by atoms with E-state index in [0.29, 0.717) is 9.23 Å². The molecule has 0 saturated carbocycles. The Labute approximate surface area is 190 Å². The van der Waals surface area contributed by atoms with Crippen LogP contribution in [0.3, 0.4) is 0 Å². The van der Waals surface area contributed by atoms with E-state index < -0.39 is 0 Å². The number of imidazole rings is 1. The van der Waals surface area contributed by atoms with Gasteiger partial charge in [-0.3, -0.25) is 4.79 Å². The molecule has 8 heteroatoms. The van der Waals surface area contributed by atoms with Gasteiger partial charge >= 0.3 is 0 Å². The van der Waals surface area contributed by atoms with Gasteiger partial charge in [0.1, 0.15) is 4.32 Å². The predicted octanol–water partition coefficient (Wildman–Crippen LogP) is 3.33. The summed E-state index contributed by atoms with van der Waals surface area (Å²) in [7, 11) is 2.17. The number of hydrogen-bond acceptors (Lipinski definition) is 6. The molecule has 2 saturated heterocycles. The zero-order chi connectivity index (χ0) is 21.4. The van der Waals surface area contributed by atoms with Gasteiger partial charge in [0.05, 0.1) is 22.3 Å². The number of rotatable bonds is 4. The maximum Gasteiger partial charge on any atom is 0.263 e. The van der Waals surface area contributed by atoms with Crippen molar-refractivity contribution >= 4 is 57.0 Å². The van der Waals surface area contributed by atoms with Crippen molar-refractivity contribution in [1.29, 1.82) is 0 Å². The lowest BCUT2D eigenvalue weighted by molar-refractivity contribution is -0.115. The van der Waals surface area contributed by atoms with Crippen molar-refractivity contribution in [2.45, 2.75) is 6.54 Å². The van der Waals surface area contributed by atoms with E-state index >= 15 is 0 Å². The van der Waals surface area contributed by atoms with Gasteiger partial charge in [-0.05, 0) is 48.5 Å². The van der Waals surface area contributed by atoms with Gasteiger partial charge < -0.3 is 19.7 Å². The number of nitrogens with one attached hydrogen (secondary N) is 1. The van der Waals surface area contributed by atoms with Crippen molar-refractivity contribution in [2.24, 2.45) is 0 Å². The van der Waals surface area contributed by atoms with E-state index in [1.807, 2.05) is 24.5 Å². The Morgan fingerprint density at radius 1 is 1.13 bits per heavy atom. The monoisotopic (exact) mass is 449 g/mol.